The largest absolute Gasteiger partial charge is 0.458 e. The Morgan fingerprint density at radius 2 is 2.25 bits per heavy atom. The molecule has 0 aromatic carbocycles. The summed E-state index contributed by atoms with van der Waals surface area (Å²) in [5.41, 5.74) is 5.70. The highest BCUT2D eigenvalue weighted by Crippen LogP contribution is 1.95. The van der Waals surface area contributed by atoms with Crippen LogP contribution in [0.2, 0.25) is 0 Å². The molecule has 6 heteroatoms. The topological polar surface area (TPSA) is 94.3 Å². The van der Waals surface area contributed by atoms with E-state index in [0.29, 0.717) is 5.69 Å². The molecule has 16 heavy (non-hydrogen) atoms. The van der Waals surface area contributed by atoms with Gasteiger partial charge in [0.2, 0.25) is 5.91 Å². The standard InChI is InChI=1S/C10H13N3O3/c11-5-9(14)13-6-10(15)16-7-8-3-1-2-4-12-8/h1-4H,5-7,11H2,(H,13,14). The molecule has 1 rings (SSSR count). The van der Waals surface area contributed by atoms with Gasteiger partial charge in [0.05, 0.1) is 12.2 Å². The third-order valence-corrected chi connectivity index (χ3v) is 1.72. The van der Waals surface area contributed by atoms with Crippen LogP contribution in [-0.4, -0.2) is 29.9 Å². The van der Waals surface area contributed by atoms with Crippen LogP contribution in [0.5, 0.6) is 0 Å². The fourth-order valence-corrected chi connectivity index (χ4v) is 0.932. The van der Waals surface area contributed by atoms with E-state index < -0.39 is 11.9 Å². The SMILES string of the molecule is NCC(=O)NCC(=O)OCc1ccccn1. The number of ether oxygens (including phenoxy) is 1. The molecule has 0 aliphatic rings. The minimum absolute atomic E-state index is 0.0954. The summed E-state index contributed by atoms with van der Waals surface area (Å²) in [6.07, 6.45) is 1.61. The van der Waals surface area contributed by atoms with Crippen LogP contribution in [-0.2, 0) is 20.9 Å². The first-order valence-corrected chi connectivity index (χ1v) is 4.74. The Bertz CT molecular complexity index is 354. The van der Waals surface area contributed by atoms with E-state index in [9.17, 15) is 9.59 Å². The first kappa shape index (κ1) is 12.1. The summed E-state index contributed by atoms with van der Waals surface area (Å²) in [6.45, 7) is -0.228. The minimum atomic E-state index is -0.521. The number of carbonyl (C=O) groups excluding carboxylic acids is 2. The van der Waals surface area contributed by atoms with Crippen molar-refractivity contribution in [3.8, 4) is 0 Å². The van der Waals surface area contributed by atoms with Crippen LogP contribution in [0, 0.1) is 0 Å². The van der Waals surface area contributed by atoms with Crippen molar-refractivity contribution in [1.29, 1.82) is 0 Å². The van der Waals surface area contributed by atoms with E-state index in [2.05, 4.69) is 10.3 Å². The molecular formula is C10H13N3O3. The maximum atomic E-state index is 11.1. The quantitative estimate of drug-likeness (QED) is 0.637. The van der Waals surface area contributed by atoms with Gasteiger partial charge in [0.1, 0.15) is 13.2 Å². The molecule has 1 aromatic heterocycles. The van der Waals surface area contributed by atoms with E-state index in [1.54, 1.807) is 24.4 Å². The van der Waals surface area contributed by atoms with Crippen molar-refractivity contribution in [3.05, 3.63) is 30.1 Å². The van der Waals surface area contributed by atoms with Gasteiger partial charge in [0.25, 0.3) is 0 Å². The summed E-state index contributed by atoms with van der Waals surface area (Å²) >= 11 is 0. The molecule has 1 aromatic rings. The van der Waals surface area contributed by atoms with Crippen LogP contribution in [0.4, 0.5) is 0 Å². The summed E-state index contributed by atoms with van der Waals surface area (Å²) < 4.78 is 4.87. The fourth-order valence-electron chi connectivity index (χ4n) is 0.932. The van der Waals surface area contributed by atoms with Crippen LogP contribution >= 0.6 is 0 Å². The van der Waals surface area contributed by atoms with Crippen molar-refractivity contribution in [1.82, 2.24) is 10.3 Å². The Morgan fingerprint density at radius 3 is 2.88 bits per heavy atom. The molecule has 0 radical (unpaired) electrons. The van der Waals surface area contributed by atoms with E-state index in [1.807, 2.05) is 0 Å². The zero-order valence-corrected chi connectivity index (χ0v) is 8.68. The van der Waals surface area contributed by atoms with Crippen LogP contribution in [0.25, 0.3) is 0 Å². The highest BCUT2D eigenvalue weighted by molar-refractivity contribution is 5.82. The van der Waals surface area contributed by atoms with Crippen molar-refractivity contribution in [3.63, 3.8) is 0 Å². The molecule has 1 amide bonds. The first-order chi connectivity index (χ1) is 7.72. The summed E-state index contributed by atoms with van der Waals surface area (Å²) in [6, 6.07) is 5.31. The summed E-state index contributed by atoms with van der Waals surface area (Å²) in [5, 5.41) is 2.31. The van der Waals surface area contributed by atoms with Crippen molar-refractivity contribution < 1.29 is 14.3 Å². The molecule has 0 atom stereocenters. The Morgan fingerprint density at radius 1 is 1.44 bits per heavy atom. The molecule has 6 nitrogen and oxygen atoms in total. The second-order valence-corrected chi connectivity index (χ2v) is 2.96. The highest BCUT2D eigenvalue weighted by atomic mass is 16.5. The van der Waals surface area contributed by atoms with Gasteiger partial charge in [-0.15, -0.1) is 0 Å². The van der Waals surface area contributed by atoms with Gasteiger partial charge in [0, 0.05) is 6.20 Å². The number of pyridine rings is 1. The monoisotopic (exact) mass is 223 g/mol. The second kappa shape index (κ2) is 6.52. The first-order valence-electron chi connectivity index (χ1n) is 4.74. The number of amides is 1. The van der Waals surface area contributed by atoms with Crippen molar-refractivity contribution in [2.75, 3.05) is 13.1 Å². The summed E-state index contributed by atoms with van der Waals surface area (Å²) in [5.74, 6) is -0.915. The van der Waals surface area contributed by atoms with Gasteiger partial charge in [0.15, 0.2) is 0 Å². The number of esters is 1. The lowest BCUT2D eigenvalue weighted by molar-refractivity contribution is -0.145. The van der Waals surface area contributed by atoms with Crippen LogP contribution < -0.4 is 11.1 Å². The number of hydrogen-bond acceptors (Lipinski definition) is 5. The van der Waals surface area contributed by atoms with Crippen LogP contribution in [0.1, 0.15) is 5.69 Å². The lowest BCUT2D eigenvalue weighted by atomic mass is 10.4. The Hall–Kier alpha value is -1.95. The average molecular weight is 223 g/mol. The van der Waals surface area contributed by atoms with Crippen molar-refractivity contribution in [2.24, 2.45) is 5.73 Å². The number of nitrogens with one attached hydrogen (secondary N) is 1. The second-order valence-electron chi connectivity index (χ2n) is 2.96. The van der Waals surface area contributed by atoms with Crippen molar-refractivity contribution in [2.45, 2.75) is 6.61 Å². The average Bonchev–Trinajstić information content (AvgIpc) is 2.34. The third-order valence-electron chi connectivity index (χ3n) is 1.72. The van der Waals surface area contributed by atoms with E-state index >= 15 is 0 Å². The van der Waals surface area contributed by atoms with E-state index in [1.165, 1.54) is 0 Å². The van der Waals surface area contributed by atoms with E-state index in [0.717, 1.165) is 0 Å². The number of nitrogens with two attached hydrogens (primary N) is 1. The zero-order valence-electron chi connectivity index (χ0n) is 8.68. The third kappa shape index (κ3) is 4.52. The molecule has 0 aliphatic carbocycles. The maximum absolute atomic E-state index is 11.1. The number of hydrogen-bond donors (Lipinski definition) is 2. The van der Waals surface area contributed by atoms with E-state index in [-0.39, 0.29) is 19.7 Å². The van der Waals surface area contributed by atoms with Gasteiger partial charge in [-0.1, -0.05) is 6.07 Å². The van der Waals surface area contributed by atoms with Crippen LogP contribution in [0.3, 0.4) is 0 Å². The zero-order chi connectivity index (χ0) is 11.8. The molecule has 3 N–H and O–H groups in total. The molecule has 0 saturated carbocycles. The van der Waals surface area contributed by atoms with Gasteiger partial charge in [-0.2, -0.15) is 0 Å². The van der Waals surface area contributed by atoms with Gasteiger partial charge in [-0.05, 0) is 12.1 Å². The molecule has 0 spiro atoms. The molecule has 0 aliphatic heterocycles. The highest BCUT2D eigenvalue weighted by Gasteiger charge is 2.05. The lowest BCUT2D eigenvalue weighted by Gasteiger charge is -2.04. The summed E-state index contributed by atoms with van der Waals surface area (Å²) in [7, 11) is 0. The molecule has 1 heterocycles. The molecular weight excluding hydrogens is 210 g/mol. The maximum Gasteiger partial charge on any atom is 0.325 e. The molecule has 86 valence electrons. The molecule has 0 bridgehead atoms. The molecule has 0 saturated heterocycles. The lowest BCUT2D eigenvalue weighted by Crippen LogP contribution is -2.35. The van der Waals surface area contributed by atoms with Crippen molar-refractivity contribution >= 4 is 11.9 Å². The number of aromatic nitrogens is 1. The van der Waals surface area contributed by atoms with Gasteiger partial charge >= 0.3 is 5.97 Å². The minimum Gasteiger partial charge on any atom is -0.458 e. The van der Waals surface area contributed by atoms with Gasteiger partial charge in [-0.3, -0.25) is 14.6 Å². The predicted octanol–water partition coefficient (Wildman–Crippen LogP) is -0.800. The Balaban J connectivity index is 2.23. The number of nitrogens with zero attached hydrogens (tertiary/aromatic N) is 1. The predicted molar refractivity (Wildman–Crippen MR) is 56.1 cm³/mol. The number of carbonyl (C=O) groups is 2. The smallest absolute Gasteiger partial charge is 0.325 e. The fraction of sp³-hybridized carbons (Fsp3) is 0.300. The Labute approximate surface area is 92.8 Å². The van der Waals surface area contributed by atoms with Crippen LogP contribution in [0.15, 0.2) is 24.4 Å². The normalized spacial score (nSPS) is 9.56. The Kier molecular flexibility index (Phi) is 4.94. The van der Waals surface area contributed by atoms with Gasteiger partial charge < -0.3 is 15.8 Å². The molecule has 0 fully saturated rings. The van der Waals surface area contributed by atoms with E-state index in [4.69, 9.17) is 10.5 Å². The number of rotatable bonds is 5. The van der Waals surface area contributed by atoms with Gasteiger partial charge in [-0.25, -0.2) is 0 Å². The molecule has 0 unspecified atom stereocenters. The summed E-state index contributed by atoms with van der Waals surface area (Å²) in [4.78, 5) is 25.8.